The van der Waals surface area contributed by atoms with Crippen LogP contribution in [0.3, 0.4) is 0 Å². The Morgan fingerprint density at radius 1 is 1.25 bits per heavy atom. The average Bonchev–Trinajstić information content (AvgIpc) is 2.86. The van der Waals surface area contributed by atoms with Gasteiger partial charge in [0.1, 0.15) is 0 Å². The second-order valence-electron chi connectivity index (χ2n) is 4.25. The van der Waals surface area contributed by atoms with Crippen molar-refractivity contribution < 1.29 is 0 Å². The molecule has 2 rings (SSSR count). The van der Waals surface area contributed by atoms with Crippen LogP contribution in [0.15, 0.2) is 24.9 Å². The van der Waals surface area contributed by atoms with Crippen LogP contribution in [0.4, 0.5) is 0 Å². The molecule has 0 aromatic carbocycles. The van der Waals surface area contributed by atoms with Crippen LogP contribution in [0.25, 0.3) is 5.69 Å². The van der Waals surface area contributed by atoms with E-state index in [9.17, 15) is 0 Å². The van der Waals surface area contributed by atoms with Crippen molar-refractivity contribution >= 4 is 0 Å². The SMILES string of the molecule is CC(C)n1cc(-n2cncc2[C@H](C)N)cn1. The van der Waals surface area contributed by atoms with Crippen LogP contribution in [0.5, 0.6) is 0 Å². The zero-order chi connectivity index (χ0) is 11.7. The molecule has 0 aliphatic carbocycles. The summed E-state index contributed by atoms with van der Waals surface area (Å²) in [6.07, 6.45) is 7.38. The molecular formula is C11H17N5. The van der Waals surface area contributed by atoms with Crippen molar-refractivity contribution in [2.45, 2.75) is 32.9 Å². The van der Waals surface area contributed by atoms with E-state index in [0.717, 1.165) is 11.4 Å². The van der Waals surface area contributed by atoms with Crippen LogP contribution in [0.1, 0.15) is 38.5 Å². The molecule has 1 atom stereocenters. The Kier molecular flexibility index (Phi) is 2.78. The quantitative estimate of drug-likeness (QED) is 0.854. The molecule has 5 heteroatoms. The highest BCUT2D eigenvalue weighted by Gasteiger charge is 2.10. The van der Waals surface area contributed by atoms with Gasteiger partial charge in [-0.2, -0.15) is 5.10 Å². The van der Waals surface area contributed by atoms with Crippen molar-refractivity contribution in [3.63, 3.8) is 0 Å². The van der Waals surface area contributed by atoms with Crippen LogP contribution in [0, 0.1) is 0 Å². The fourth-order valence-electron chi connectivity index (χ4n) is 1.59. The van der Waals surface area contributed by atoms with Gasteiger partial charge in [-0.25, -0.2) is 4.98 Å². The molecule has 0 spiro atoms. The Morgan fingerprint density at radius 3 is 2.56 bits per heavy atom. The number of imidazole rings is 1. The molecule has 0 saturated carbocycles. The number of hydrogen-bond acceptors (Lipinski definition) is 3. The molecule has 16 heavy (non-hydrogen) atoms. The summed E-state index contributed by atoms with van der Waals surface area (Å²) >= 11 is 0. The van der Waals surface area contributed by atoms with Crippen LogP contribution in [-0.4, -0.2) is 19.3 Å². The van der Waals surface area contributed by atoms with E-state index in [-0.39, 0.29) is 6.04 Å². The molecule has 0 saturated heterocycles. The molecule has 0 amide bonds. The van der Waals surface area contributed by atoms with Gasteiger partial charge in [0.25, 0.3) is 0 Å². The van der Waals surface area contributed by atoms with Crippen LogP contribution in [-0.2, 0) is 0 Å². The van der Waals surface area contributed by atoms with E-state index in [1.807, 2.05) is 28.6 Å². The molecule has 0 unspecified atom stereocenters. The van der Waals surface area contributed by atoms with E-state index in [1.165, 1.54) is 0 Å². The smallest absolute Gasteiger partial charge is 0.0995 e. The summed E-state index contributed by atoms with van der Waals surface area (Å²) in [7, 11) is 0. The zero-order valence-electron chi connectivity index (χ0n) is 9.83. The average molecular weight is 219 g/mol. The summed E-state index contributed by atoms with van der Waals surface area (Å²) in [5, 5.41) is 4.30. The first-order chi connectivity index (χ1) is 7.59. The van der Waals surface area contributed by atoms with Crippen LogP contribution >= 0.6 is 0 Å². The number of rotatable bonds is 3. The lowest BCUT2D eigenvalue weighted by atomic mass is 10.2. The Labute approximate surface area is 94.9 Å². The summed E-state index contributed by atoms with van der Waals surface area (Å²) in [6, 6.07) is 0.320. The lowest BCUT2D eigenvalue weighted by Crippen LogP contribution is -2.10. The summed E-state index contributed by atoms with van der Waals surface area (Å²) in [4.78, 5) is 4.12. The topological polar surface area (TPSA) is 61.7 Å². The lowest BCUT2D eigenvalue weighted by molar-refractivity contribution is 0.532. The number of nitrogens with two attached hydrogens (primary N) is 1. The van der Waals surface area contributed by atoms with Gasteiger partial charge in [0.05, 0.1) is 30.1 Å². The maximum atomic E-state index is 5.87. The minimum Gasteiger partial charge on any atom is -0.323 e. The van der Waals surface area contributed by atoms with E-state index in [0.29, 0.717) is 6.04 Å². The van der Waals surface area contributed by atoms with Crippen molar-refractivity contribution in [2.24, 2.45) is 5.73 Å². The van der Waals surface area contributed by atoms with Gasteiger partial charge in [-0.3, -0.25) is 9.25 Å². The third-order valence-corrected chi connectivity index (χ3v) is 2.53. The number of aromatic nitrogens is 4. The highest BCUT2D eigenvalue weighted by Crippen LogP contribution is 2.16. The van der Waals surface area contributed by atoms with E-state index >= 15 is 0 Å². The largest absolute Gasteiger partial charge is 0.323 e. The second-order valence-corrected chi connectivity index (χ2v) is 4.25. The van der Waals surface area contributed by atoms with Gasteiger partial charge in [-0.1, -0.05) is 0 Å². The van der Waals surface area contributed by atoms with E-state index in [1.54, 1.807) is 12.5 Å². The molecule has 2 heterocycles. The minimum absolute atomic E-state index is 0.0371. The maximum Gasteiger partial charge on any atom is 0.0995 e. The summed E-state index contributed by atoms with van der Waals surface area (Å²) in [6.45, 7) is 6.13. The Balaban J connectivity index is 2.39. The van der Waals surface area contributed by atoms with Crippen molar-refractivity contribution in [3.8, 4) is 5.69 Å². The predicted molar refractivity (Wildman–Crippen MR) is 62.3 cm³/mol. The van der Waals surface area contributed by atoms with Crippen molar-refractivity contribution in [1.29, 1.82) is 0 Å². The lowest BCUT2D eigenvalue weighted by Gasteiger charge is -2.08. The molecular weight excluding hydrogens is 202 g/mol. The van der Waals surface area contributed by atoms with E-state index in [2.05, 4.69) is 23.9 Å². The van der Waals surface area contributed by atoms with E-state index in [4.69, 9.17) is 5.73 Å². The van der Waals surface area contributed by atoms with Crippen molar-refractivity contribution in [3.05, 3.63) is 30.6 Å². The van der Waals surface area contributed by atoms with Gasteiger partial charge in [-0.05, 0) is 20.8 Å². The van der Waals surface area contributed by atoms with Crippen molar-refractivity contribution in [2.75, 3.05) is 0 Å². The number of hydrogen-bond donors (Lipinski definition) is 1. The standard InChI is InChI=1S/C11H17N5/c1-8(2)16-6-10(4-14-16)15-7-13-5-11(15)9(3)12/h4-9H,12H2,1-3H3/t9-/m0/s1. The molecule has 0 aliphatic heterocycles. The molecule has 0 fully saturated rings. The highest BCUT2D eigenvalue weighted by molar-refractivity contribution is 5.29. The fourth-order valence-corrected chi connectivity index (χ4v) is 1.59. The second kappa shape index (κ2) is 4.09. The molecule has 2 N–H and O–H groups in total. The minimum atomic E-state index is -0.0371. The highest BCUT2D eigenvalue weighted by atomic mass is 15.3. The third kappa shape index (κ3) is 1.86. The predicted octanol–water partition coefficient (Wildman–Crippen LogP) is 1.67. The van der Waals surface area contributed by atoms with Crippen molar-refractivity contribution in [1.82, 2.24) is 19.3 Å². The third-order valence-electron chi connectivity index (χ3n) is 2.53. The van der Waals surface area contributed by atoms with Crippen LogP contribution in [0.2, 0.25) is 0 Å². The molecule has 5 nitrogen and oxygen atoms in total. The van der Waals surface area contributed by atoms with Gasteiger partial charge in [0.15, 0.2) is 0 Å². The Bertz CT molecular complexity index is 466. The van der Waals surface area contributed by atoms with Gasteiger partial charge >= 0.3 is 0 Å². The molecule has 2 aromatic heterocycles. The Morgan fingerprint density at radius 2 is 2.00 bits per heavy atom. The Hall–Kier alpha value is -1.62. The first kappa shape index (κ1) is 10.9. The van der Waals surface area contributed by atoms with Crippen LogP contribution < -0.4 is 5.73 Å². The zero-order valence-corrected chi connectivity index (χ0v) is 9.83. The molecule has 86 valence electrons. The van der Waals surface area contributed by atoms with Gasteiger partial charge in [0.2, 0.25) is 0 Å². The first-order valence-corrected chi connectivity index (χ1v) is 5.42. The molecule has 0 radical (unpaired) electrons. The maximum absolute atomic E-state index is 5.87. The summed E-state index contributed by atoms with van der Waals surface area (Å²) < 4.78 is 3.89. The monoisotopic (exact) mass is 219 g/mol. The van der Waals surface area contributed by atoms with E-state index < -0.39 is 0 Å². The number of nitrogens with zero attached hydrogens (tertiary/aromatic N) is 4. The first-order valence-electron chi connectivity index (χ1n) is 5.42. The van der Waals surface area contributed by atoms with Gasteiger partial charge in [-0.15, -0.1) is 0 Å². The van der Waals surface area contributed by atoms with Gasteiger partial charge in [0, 0.05) is 18.3 Å². The normalized spacial score (nSPS) is 13.3. The summed E-state index contributed by atoms with van der Waals surface area (Å²) in [5.41, 5.74) is 7.86. The summed E-state index contributed by atoms with van der Waals surface area (Å²) in [5.74, 6) is 0. The molecule has 0 bridgehead atoms. The molecule has 2 aromatic rings. The fraction of sp³-hybridized carbons (Fsp3) is 0.455. The molecule has 0 aliphatic rings. The van der Waals surface area contributed by atoms with Gasteiger partial charge < -0.3 is 5.73 Å².